The van der Waals surface area contributed by atoms with Crippen LogP contribution in [0.2, 0.25) is 0 Å². The molecule has 4 aromatic rings. The van der Waals surface area contributed by atoms with Gasteiger partial charge in [-0.25, -0.2) is 13.8 Å². The monoisotopic (exact) mass is 473 g/mol. The average Bonchev–Trinajstić information content (AvgIpc) is 2.87. The quantitative estimate of drug-likeness (QED) is 0.339. The van der Waals surface area contributed by atoms with Crippen molar-refractivity contribution >= 4 is 16.6 Å². The Kier molecular flexibility index (Phi) is 6.13. The second-order valence-corrected chi connectivity index (χ2v) is 9.46. The van der Waals surface area contributed by atoms with Gasteiger partial charge in [0.05, 0.1) is 16.9 Å². The second kappa shape index (κ2) is 9.25. The molecular formula is C29H29F2N3O. The van der Waals surface area contributed by atoms with E-state index in [2.05, 4.69) is 0 Å². The Bertz CT molecular complexity index is 1340. The maximum atomic E-state index is 14.0. The molecule has 0 saturated heterocycles. The van der Waals surface area contributed by atoms with Crippen molar-refractivity contribution in [2.75, 3.05) is 11.9 Å². The molecule has 1 heterocycles. The number of aromatic nitrogens is 2. The van der Waals surface area contributed by atoms with Crippen LogP contribution in [0, 0.1) is 6.92 Å². The molecule has 1 saturated carbocycles. The number of anilines is 1. The Balaban J connectivity index is 1.60. The first-order chi connectivity index (χ1) is 16.8. The van der Waals surface area contributed by atoms with Crippen molar-refractivity contribution in [1.29, 1.82) is 0 Å². The minimum Gasteiger partial charge on any atom is -0.372 e. The Morgan fingerprint density at radius 3 is 2.09 bits per heavy atom. The molecule has 1 aliphatic carbocycles. The molecule has 0 atom stereocenters. The van der Waals surface area contributed by atoms with Gasteiger partial charge < -0.3 is 4.90 Å². The van der Waals surface area contributed by atoms with Crippen LogP contribution in [0.25, 0.3) is 10.9 Å². The molecular weight excluding hydrogens is 444 g/mol. The van der Waals surface area contributed by atoms with E-state index in [0.29, 0.717) is 29.6 Å². The number of benzene rings is 3. The number of rotatable bonds is 5. The third-order valence-electron chi connectivity index (χ3n) is 7.19. The Hall–Kier alpha value is -3.54. The molecule has 0 amide bonds. The first kappa shape index (κ1) is 23.2. The van der Waals surface area contributed by atoms with Gasteiger partial charge in [0.25, 0.3) is 5.56 Å². The fraction of sp³-hybridized carbons (Fsp3) is 0.310. The highest BCUT2D eigenvalue weighted by Gasteiger charge is 2.36. The van der Waals surface area contributed by atoms with Gasteiger partial charge >= 0.3 is 0 Å². The number of aryl methyl sites for hydroxylation is 1. The van der Waals surface area contributed by atoms with Crippen LogP contribution in [-0.4, -0.2) is 28.6 Å². The van der Waals surface area contributed by atoms with Gasteiger partial charge in [-0.1, -0.05) is 60.7 Å². The van der Waals surface area contributed by atoms with E-state index >= 15 is 0 Å². The summed E-state index contributed by atoms with van der Waals surface area (Å²) in [6.07, 6.45) is 0.669. The van der Waals surface area contributed by atoms with E-state index in [1.165, 1.54) is 0 Å². The Labute approximate surface area is 203 Å². The number of hydrogen-bond acceptors (Lipinski definition) is 3. The van der Waals surface area contributed by atoms with Crippen molar-refractivity contribution in [2.45, 2.75) is 50.6 Å². The van der Waals surface area contributed by atoms with E-state index in [1.54, 1.807) is 4.57 Å². The van der Waals surface area contributed by atoms with Crippen LogP contribution in [0.15, 0.2) is 83.7 Å². The van der Waals surface area contributed by atoms with E-state index in [4.69, 9.17) is 4.98 Å². The third-order valence-corrected chi connectivity index (χ3v) is 7.19. The summed E-state index contributed by atoms with van der Waals surface area (Å²) >= 11 is 0. The summed E-state index contributed by atoms with van der Waals surface area (Å²) in [6.45, 7) is 1.86. The van der Waals surface area contributed by atoms with Crippen LogP contribution >= 0.6 is 0 Å². The molecule has 1 aliphatic rings. The van der Waals surface area contributed by atoms with Gasteiger partial charge in [-0.3, -0.25) is 9.36 Å². The predicted octanol–water partition coefficient (Wildman–Crippen LogP) is 6.36. The molecule has 5 rings (SSSR count). The minimum absolute atomic E-state index is 0.0223. The number of nitrogens with zero attached hydrogens (tertiary/aromatic N) is 3. The molecule has 0 aliphatic heterocycles. The Morgan fingerprint density at radius 2 is 1.51 bits per heavy atom. The molecule has 0 N–H and O–H groups in total. The SMILES string of the molecule is Cc1nc2ccc(N(C)C3CCC(F)(F)CC3)cc2c(=O)n1C(c1ccccc1)c1ccccc1. The lowest BCUT2D eigenvalue weighted by Crippen LogP contribution is -2.38. The fourth-order valence-electron chi connectivity index (χ4n) is 5.21. The van der Waals surface area contributed by atoms with Gasteiger partial charge in [-0.05, 0) is 49.1 Å². The van der Waals surface area contributed by atoms with Gasteiger partial charge in [0.15, 0.2) is 0 Å². The second-order valence-electron chi connectivity index (χ2n) is 9.46. The van der Waals surface area contributed by atoms with E-state index in [0.717, 1.165) is 16.8 Å². The van der Waals surface area contributed by atoms with Crippen molar-refractivity contribution in [3.8, 4) is 0 Å². The number of halogens is 2. The third kappa shape index (κ3) is 4.57. The average molecular weight is 474 g/mol. The van der Waals surface area contributed by atoms with Crippen LogP contribution in [-0.2, 0) is 0 Å². The lowest BCUT2D eigenvalue weighted by Gasteiger charge is -2.36. The summed E-state index contributed by atoms with van der Waals surface area (Å²) in [5.41, 5.74) is 3.37. The molecule has 0 spiro atoms. The standard InChI is InChI=1S/C29H29F2N3O/c1-20-32-26-14-13-24(33(2)23-15-17-29(30,31)18-16-23)19-25(26)28(35)34(20)27(21-9-5-3-6-10-21)22-11-7-4-8-12-22/h3-14,19,23,27H,15-18H2,1-2H3. The summed E-state index contributed by atoms with van der Waals surface area (Å²) in [4.78, 5) is 20.8. The van der Waals surface area contributed by atoms with Crippen LogP contribution < -0.4 is 10.5 Å². The lowest BCUT2D eigenvalue weighted by atomic mass is 9.91. The molecule has 0 bridgehead atoms. The number of fused-ring (bicyclic) bond motifs is 1. The molecule has 1 aromatic heterocycles. The smallest absolute Gasteiger partial charge is 0.262 e. The van der Waals surface area contributed by atoms with Gasteiger partial charge in [0.2, 0.25) is 5.92 Å². The van der Waals surface area contributed by atoms with Crippen molar-refractivity contribution in [2.24, 2.45) is 0 Å². The first-order valence-corrected chi connectivity index (χ1v) is 12.1. The summed E-state index contributed by atoms with van der Waals surface area (Å²) in [6, 6.07) is 25.3. The molecule has 3 aromatic carbocycles. The Morgan fingerprint density at radius 1 is 0.943 bits per heavy atom. The minimum atomic E-state index is -2.57. The number of alkyl halides is 2. The van der Waals surface area contributed by atoms with Crippen molar-refractivity contribution < 1.29 is 8.78 Å². The predicted molar refractivity (Wildman–Crippen MR) is 136 cm³/mol. The highest BCUT2D eigenvalue weighted by molar-refractivity contribution is 5.82. The van der Waals surface area contributed by atoms with E-state index in [1.807, 2.05) is 97.7 Å². The van der Waals surface area contributed by atoms with Gasteiger partial charge in [-0.15, -0.1) is 0 Å². The highest BCUT2D eigenvalue weighted by atomic mass is 19.3. The van der Waals surface area contributed by atoms with E-state index < -0.39 is 5.92 Å². The molecule has 6 heteroatoms. The van der Waals surface area contributed by atoms with Crippen LogP contribution in [0.1, 0.15) is 48.7 Å². The topological polar surface area (TPSA) is 38.1 Å². The summed E-state index contributed by atoms with van der Waals surface area (Å²) in [7, 11) is 1.92. The van der Waals surface area contributed by atoms with Crippen molar-refractivity contribution in [3.05, 3.63) is 106 Å². The summed E-state index contributed by atoms with van der Waals surface area (Å²) in [5.74, 6) is -1.93. The van der Waals surface area contributed by atoms with Crippen LogP contribution in [0.5, 0.6) is 0 Å². The highest BCUT2D eigenvalue weighted by Crippen LogP contribution is 2.36. The zero-order valence-electron chi connectivity index (χ0n) is 20.0. The lowest BCUT2D eigenvalue weighted by molar-refractivity contribution is -0.0377. The van der Waals surface area contributed by atoms with E-state index in [-0.39, 0.29) is 30.5 Å². The zero-order chi connectivity index (χ0) is 24.6. The molecule has 0 unspecified atom stereocenters. The largest absolute Gasteiger partial charge is 0.372 e. The number of hydrogen-bond donors (Lipinski definition) is 0. The van der Waals surface area contributed by atoms with Crippen molar-refractivity contribution in [3.63, 3.8) is 0 Å². The maximum Gasteiger partial charge on any atom is 0.262 e. The summed E-state index contributed by atoms with van der Waals surface area (Å²) < 4.78 is 29.1. The fourth-order valence-corrected chi connectivity index (χ4v) is 5.21. The summed E-state index contributed by atoms with van der Waals surface area (Å²) in [5, 5.41) is 0.526. The van der Waals surface area contributed by atoms with E-state index in [9.17, 15) is 13.6 Å². The van der Waals surface area contributed by atoms with Crippen LogP contribution in [0.3, 0.4) is 0 Å². The molecule has 1 fully saturated rings. The van der Waals surface area contributed by atoms with Gasteiger partial charge in [0, 0.05) is 31.6 Å². The normalized spacial score (nSPS) is 16.0. The molecule has 0 radical (unpaired) electrons. The van der Waals surface area contributed by atoms with Crippen molar-refractivity contribution in [1.82, 2.24) is 9.55 Å². The zero-order valence-corrected chi connectivity index (χ0v) is 20.0. The van der Waals surface area contributed by atoms with Gasteiger partial charge in [-0.2, -0.15) is 0 Å². The molecule has 35 heavy (non-hydrogen) atoms. The molecule has 4 nitrogen and oxygen atoms in total. The molecule has 180 valence electrons. The van der Waals surface area contributed by atoms with Crippen LogP contribution in [0.4, 0.5) is 14.5 Å². The first-order valence-electron chi connectivity index (χ1n) is 12.1. The van der Waals surface area contributed by atoms with Gasteiger partial charge in [0.1, 0.15) is 5.82 Å². The maximum absolute atomic E-state index is 14.0.